The second-order valence-corrected chi connectivity index (χ2v) is 6.42. The van der Waals surface area contributed by atoms with Crippen LogP contribution in [0, 0.1) is 5.92 Å². The van der Waals surface area contributed by atoms with Gasteiger partial charge in [-0.05, 0) is 30.7 Å². The minimum absolute atomic E-state index is 0.0908. The lowest BCUT2D eigenvalue weighted by atomic mass is 10.0. The highest BCUT2D eigenvalue weighted by molar-refractivity contribution is 5.81. The van der Waals surface area contributed by atoms with Gasteiger partial charge in [-0.1, -0.05) is 32.0 Å². The molecular formula is C21H22NO5+. The fourth-order valence-corrected chi connectivity index (χ4v) is 2.55. The molecule has 0 bridgehead atoms. The Labute approximate surface area is 156 Å². The third-order valence-corrected chi connectivity index (χ3v) is 4.54. The predicted molar refractivity (Wildman–Crippen MR) is 101 cm³/mol. The number of fused-ring (bicyclic) bond motifs is 1. The molecule has 1 heterocycles. The van der Waals surface area contributed by atoms with Crippen LogP contribution in [-0.2, 0) is 4.79 Å². The van der Waals surface area contributed by atoms with Crippen molar-refractivity contribution in [1.82, 2.24) is 0 Å². The van der Waals surface area contributed by atoms with E-state index in [1.54, 1.807) is 24.3 Å². The summed E-state index contributed by atoms with van der Waals surface area (Å²) in [7, 11) is 0. The third kappa shape index (κ3) is 4.17. The molecule has 0 spiro atoms. The topological polar surface area (TPSA) is 93.4 Å². The molecule has 2 atom stereocenters. The summed E-state index contributed by atoms with van der Waals surface area (Å²) < 4.78 is 16.5. The molecule has 0 unspecified atom stereocenters. The van der Waals surface area contributed by atoms with E-state index in [1.165, 1.54) is 12.3 Å². The van der Waals surface area contributed by atoms with Crippen molar-refractivity contribution >= 4 is 16.9 Å². The zero-order valence-electron chi connectivity index (χ0n) is 15.3. The zero-order valence-corrected chi connectivity index (χ0v) is 15.3. The van der Waals surface area contributed by atoms with Crippen molar-refractivity contribution in [3.8, 4) is 17.2 Å². The van der Waals surface area contributed by atoms with Gasteiger partial charge < -0.3 is 19.6 Å². The molecule has 0 aliphatic rings. The van der Waals surface area contributed by atoms with Crippen molar-refractivity contribution < 1.29 is 24.4 Å². The highest BCUT2D eigenvalue weighted by atomic mass is 16.5. The second-order valence-electron chi connectivity index (χ2n) is 6.42. The molecule has 3 N–H and O–H groups in total. The van der Waals surface area contributed by atoms with Gasteiger partial charge in [-0.25, -0.2) is 4.79 Å². The molecule has 6 nitrogen and oxygen atoms in total. The van der Waals surface area contributed by atoms with E-state index in [1.807, 2.05) is 32.0 Å². The maximum absolute atomic E-state index is 12.6. The van der Waals surface area contributed by atoms with Gasteiger partial charge in [0.25, 0.3) is 0 Å². The Bertz CT molecular complexity index is 996. The summed E-state index contributed by atoms with van der Waals surface area (Å²) >= 11 is 0. The van der Waals surface area contributed by atoms with E-state index in [0.717, 1.165) is 6.42 Å². The summed E-state index contributed by atoms with van der Waals surface area (Å²) in [5, 5.41) is 0.344. The van der Waals surface area contributed by atoms with Gasteiger partial charge in [0.2, 0.25) is 11.2 Å². The molecule has 140 valence electrons. The molecule has 1 aromatic heterocycles. The molecule has 3 aromatic rings. The molecule has 3 rings (SSSR count). The Kier molecular flexibility index (Phi) is 5.57. The summed E-state index contributed by atoms with van der Waals surface area (Å²) in [6.45, 7) is 3.95. The first-order chi connectivity index (χ1) is 13.0. The number of quaternary nitrogens is 1. The lowest BCUT2D eigenvalue weighted by Gasteiger charge is -2.13. The van der Waals surface area contributed by atoms with Crippen LogP contribution in [0.5, 0.6) is 17.2 Å². The van der Waals surface area contributed by atoms with Crippen molar-refractivity contribution in [2.75, 3.05) is 0 Å². The molecule has 2 aromatic carbocycles. The van der Waals surface area contributed by atoms with Crippen LogP contribution >= 0.6 is 0 Å². The van der Waals surface area contributed by atoms with Gasteiger partial charge in [0.05, 0.1) is 5.39 Å². The number of para-hydroxylation sites is 1. The highest BCUT2D eigenvalue weighted by Crippen LogP contribution is 2.24. The minimum Gasteiger partial charge on any atom is -0.460 e. The average Bonchev–Trinajstić information content (AvgIpc) is 2.69. The molecule has 6 heteroatoms. The summed E-state index contributed by atoms with van der Waals surface area (Å²) in [5.74, 6) is 0.655. The summed E-state index contributed by atoms with van der Waals surface area (Å²) in [4.78, 5) is 24.8. The number of carbonyl (C=O) groups excluding carboxylic acids is 1. The van der Waals surface area contributed by atoms with E-state index < -0.39 is 12.0 Å². The summed E-state index contributed by atoms with van der Waals surface area (Å²) in [6, 6.07) is 13.2. The number of hydrogen-bond acceptors (Lipinski definition) is 5. The van der Waals surface area contributed by atoms with E-state index >= 15 is 0 Å². The molecule has 0 amide bonds. The molecule has 0 saturated heterocycles. The number of hydrogen-bond donors (Lipinski definition) is 1. The first kappa shape index (κ1) is 18.7. The van der Waals surface area contributed by atoms with Crippen LogP contribution < -0.4 is 20.6 Å². The predicted octanol–water partition coefficient (Wildman–Crippen LogP) is 3.15. The Balaban J connectivity index is 1.84. The number of carbonyl (C=O) groups is 1. The molecule has 0 radical (unpaired) electrons. The van der Waals surface area contributed by atoms with Gasteiger partial charge in [0.1, 0.15) is 23.3 Å². The van der Waals surface area contributed by atoms with Crippen LogP contribution in [0.4, 0.5) is 0 Å². The van der Waals surface area contributed by atoms with Crippen molar-refractivity contribution in [2.45, 2.75) is 26.3 Å². The number of benzene rings is 2. The SMILES string of the molecule is CC[C@@H](C)[C@H]([NH3+])C(=O)Oc1ccc2c(=O)c(Oc3ccccc3)coc2c1. The van der Waals surface area contributed by atoms with Crippen LogP contribution in [0.25, 0.3) is 11.0 Å². The van der Waals surface area contributed by atoms with Gasteiger partial charge >= 0.3 is 5.97 Å². The monoisotopic (exact) mass is 368 g/mol. The largest absolute Gasteiger partial charge is 0.460 e. The van der Waals surface area contributed by atoms with Crippen molar-refractivity contribution in [1.29, 1.82) is 0 Å². The van der Waals surface area contributed by atoms with Crippen molar-refractivity contribution in [2.24, 2.45) is 5.92 Å². The van der Waals surface area contributed by atoms with E-state index in [-0.39, 0.29) is 17.1 Å². The quantitative estimate of drug-likeness (QED) is 0.533. The minimum atomic E-state index is -0.459. The second kappa shape index (κ2) is 8.05. The Hall–Kier alpha value is -3.12. The maximum Gasteiger partial charge on any atom is 0.370 e. The van der Waals surface area contributed by atoms with Gasteiger partial charge in [-0.15, -0.1) is 0 Å². The Morgan fingerprint density at radius 3 is 2.59 bits per heavy atom. The van der Waals surface area contributed by atoms with Crippen LogP contribution in [0.15, 0.2) is 64.0 Å². The first-order valence-electron chi connectivity index (χ1n) is 8.82. The van der Waals surface area contributed by atoms with E-state index in [2.05, 4.69) is 5.73 Å². The molecule has 27 heavy (non-hydrogen) atoms. The maximum atomic E-state index is 12.6. The Morgan fingerprint density at radius 1 is 1.15 bits per heavy atom. The van der Waals surface area contributed by atoms with Crippen LogP contribution in [-0.4, -0.2) is 12.0 Å². The highest BCUT2D eigenvalue weighted by Gasteiger charge is 2.25. The van der Waals surface area contributed by atoms with Gasteiger partial charge in [-0.2, -0.15) is 0 Å². The van der Waals surface area contributed by atoms with Gasteiger partial charge in [0, 0.05) is 12.0 Å². The number of rotatable bonds is 6. The fraction of sp³-hybridized carbons (Fsp3) is 0.238. The average molecular weight is 368 g/mol. The fourth-order valence-electron chi connectivity index (χ4n) is 2.55. The van der Waals surface area contributed by atoms with E-state index in [0.29, 0.717) is 22.5 Å². The normalized spacial score (nSPS) is 13.1. The Morgan fingerprint density at radius 2 is 1.89 bits per heavy atom. The summed E-state index contributed by atoms with van der Waals surface area (Å²) in [5.41, 5.74) is 3.88. The zero-order chi connectivity index (χ0) is 19.4. The molecule has 0 saturated carbocycles. The lowest BCUT2D eigenvalue weighted by molar-refractivity contribution is -0.418. The number of ether oxygens (including phenoxy) is 2. The summed E-state index contributed by atoms with van der Waals surface area (Å²) in [6.07, 6.45) is 2.09. The van der Waals surface area contributed by atoms with E-state index in [9.17, 15) is 9.59 Å². The first-order valence-corrected chi connectivity index (χ1v) is 8.82. The van der Waals surface area contributed by atoms with Gasteiger partial charge in [-0.3, -0.25) is 4.79 Å². The van der Waals surface area contributed by atoms with Gasteiger partial charge in [0.15, 0.2) is 6.04 Å². The number of esters is 1. The smallest absolute Gasteiger partial charge is 0.370 e. The van der Waals surface area contributed by atoms with Crippen molar-refractivity contribution in [3.63, 3.8) is 0 Å². The molecule has 0 fully saturated rings. The molecule has 0 aliphatic heterocycles. The van der Waals surface area contributed by atoms with Crippen molar-refractivity contribution in [3.05, 3.63) is 65.0 Å². The lowest BCUT2D eigenvalue weighted by Crippen LogP contribution is -2.68. The molecular weight excluding hydrogens is 346 g/mol. The van der Waals surface area contributed by atoms with Crippen LogP contribution in [0.2, 0.25) is 0 Å². The standard InChI is InChI=1S/C21H21NO5/c1-3-13(2)19(22)21(24)27-15-9-10-16-17(11-15)25-12-18(20(16)23)26-14-7-5-4-6-8-14/h4-13,19H,3,22H2,1-2H3/p+1/t13-,19+/m1/s1. The van der Waals surface area contributed by atoms with Crippen LogP contribution in [0.1, 0.15) is 20.3 Å². The third-order valence-electron chi connectivity index (χ3n) is 4.54. The van der Waals surface area contributed by atoms with E-state index in [4.69, 9.17) is 13.9 Å². The van der Waals surface area contributed by atoms with Crippen LogP contribution in [0.3, 0.4) is 0 Å². The molecule has 0 aliphatic carbocycles.